The predicted octanol–water partition coefficient (Wildman–Crippen LogP) is 1.49. The van der Waals surface area contributed by atoms with E-state index in [1.165, 1.54) is 5.56 Å². The smallest absolute Gasteiger partial charge is 0.0183 e. The third-order valence-electron chi connectivity index (χ3n) is 0.826. The van der Waals surface area contributed by atoms with Crippen LogP contribution in [-0.2, 0) is 0 Å². The topological polar surface area (TPSA) is 4.93 Å². The van der Waals surface area contributed by atoms with Crippen molar-refractivity contribution >= 4 is 12.8 Å². The highest BCUT2D eigenvalue weighted by Crippen LogP contribution is 1.97. The zero-order valence-electron chi connectivity index (χ0n) is 4.13. The molecule has 0 atom stereocenters. The Morgan fingerprint density at radius 1 is 1.71 bits per heavy atom. The van der Waals surface area contributed by atoms with Crippen molar-refractivity contribution < 1.29 is 0 Å². The number of nitrogens with zero attached hydrogens (tertiary/aromatic N) is 1. The Labute approximate surface area is 48.5 Å². The van der Waals surface area contributed by atoms with Crippen LogP contribution in [0.25, 0.3) is 0 Å². The molecule has 1 nitrogen and oxygen atoms in total. The van der Waals surface area contributed by atoms with E-state index in [1.54, 1.807) is 3.97 Å². The average molecular weight is 113 g/mol. The van der Waals surface area contributed by atoms with Gasteiger partial charge in [0, 0.05) is 12.4 Å². The van der Waals surface area contributed by atoms with Crippen LogP contribution in [0.1, 0.15) is 5.56 Å². The summed E-state index contributed by atoms with van der Waals surface area (Å²) in [5.74, 6) is 0. The molecule has 0 saturated carbocycles. The summed E-state index contributed by atoms with van der Waals surface area (Å²) >= 11 is 4.02. The quantitative estimate of drug-likeness (QED) is 0.486. The third-order valence-corrected chi connectivity index (χ3v) is 1.07. The van der Waals surface area contributed by atoms with Gasteiger partial charge in [-0.25, -0.2) is 0 Å². The minimum Gasteiger partial charge on any atom is -0.301 e. The van der Waals surface area contributed by atoms with Gasteiger partial charge in [-0.15, -0.1) is 0 Å². The molecular weight excluding hydrogens is 106 g/mol. The van der Waals surface area contributed by atoms with Gasteiger partial charge in [0.05, 0.1) is 0 Å². The normalized spacial score (nSPS) is 9.43. The summed E-state index contributed by atoms with van der Waals surface area (Å²) in [7, 11) is 0. The molecule has 0 spiro atoms. The van der Waals surface area contributed by atoms with Crippen LogP contribution in [0.2, 0.25) is 0 Å². The van der Waals surface area contributed by atoms with Gasteiger partial charge < -0.3 is 3.97 Å². The fourth-order valence-corrected chi connectivity index (χ4v) is 0.737. The van der Waals surface area contributed by atoms with Crippen molar-refractivity contribution in [3.05, 3.63) is 24.0 Å². The van der Waals surface area contributed by atoms with Crippen molar-refractivity contribution in [2.24, 2.45) is 0 Å². The molecule has 1 rings (SSSR count). The number of hydrogen-bond donors (Lipinski definition) is 1. The Bertz CT molecular complexity index is 140. The SMILES string of the molecule is Cc1ccn(S)c1. The summed E-state index contributed by atoms with van der Waals surface area (Å²) in [4.78, 5) is 0. The number of rotatable bonds is 0. The van der Waals surface area contributed by atoms with Crippen molar-refractivity contribution in [2.45, 2.75) is 6.92 Å². The molecule has 0 fully saturated rings. The Kier molecular flexibility index (Phi) is 1.11. The second-order valence-corrected chi connectivity index (χ2v) is 2.03. The first-order chi connectivity index (χ1) is 3.29. The number of hydrogen-bond acceptors (Lipinski definition) is 1. The maximum atomic E-state index is 4.02. The van der Waals surface area contributed by atoms with Gasteiger partial charge in [0.25, 0.3) is 0 Å². The Morgan fingerprint density at radius 3 is 2.57 bits per heavy atom. The molecular formula is C5H7NS. The van der Waals surface area contributed by atoms with Gasteiger partial charge in [-0.05, 0) is 18.6 Å². The molecule has 0 aromatic carbocycles. The Hall–Kier alpha value is -0.370. The van der Waals surface area contributed by atoms with Gasteiger partial charge in [0.1, 0.15) is 0 Å². The number of aryl methyl sites for hydroxylation is 1. The molecule has 0 saturated heterocycles. The molecule has 1 aromatic heterocycles. The van der Waals surface area contributed by atoms with E-state index >= 15 is 0 Å². The minimum atomic E-state index is 1.25. The van der Waals surface area contributed by atoms with E-state index in [1.807, 2.05) is 25.4 Å². The minimum absolute atomic E-state index is 1.25. The fourth-order valence-electron chi connectivity index (χ4n) is 0.489. The summed E-state index contributed by atoms with van der Waals surface area (Å²) in [6, 6.07) is 2.01. The molecule has 0 aliphatic rings. The highest BCUT2D eigenvalue weighted by Gasteiger charge is 1.81. The first kappa shape index (κ1) is 4.78. The fraction of sp³-hybridized carbons (Fsp3) is 0.200. The second kappa shape index (κ2) is 1.62. The summed E-state index contributed by atoms with van der Waals surface area (Å²) in [5, 5.41) is 0. The number of thiol groups is 1. The highest BCUT2D eigenvalue weighted by molar-refractivity contribution is 7.78. The van der Waals surface area contributed by atoms with Gasteiger partial charge in [-0.1, -0.05) is 12.8 Å². The van der Waals surface area contributed by atoms with Gasteiger partial charge in [-0.3, -0.25) is 0 Å². The molecule has 38 valence electrons. The van der Waals surface area contributed by atoms with E-state index < -0.39 is 0 Å². The maximum Gasteiger partial charge on any atom is 0.0183 e. The maximum absolute atomic E-state index is 4.02. The largest absolute Gasteiger partial charge is 0.301 e. The first-order valence-electron chi connectivity index (χ1n) is 2.13. The molecule has 7 heavy (non-hydrogen) atoms. The van der Waals surface area contributed by atoms with Gasteiger partial charge in [-0.2, -0.15) is 0 Å². The average Bonchev–Trinajstić information content (AvgIpc) is 1.87. The van der Waals surface area contributed by atoms with Crippen LogP contribution in [0.4, 0.5) is 0 Å². The summed E-state index contributed by atoms with van der Waals surface area (Å²) < 4.78 is 1.73. The van der Waals surface area contributed by atoms with E-state index in [4.69, 9.17) is 0 Å². The summed E-state index contributed by atoms with van der Waals surface area (Å²) in [6.07, 6.45) is 3.85. The lowest BCUT2D eigenvalue weighted by atomic mass is 10.4. The predicted molar refractivity (Wildman–Crippen MR) is 33.6 cm³/mol. The van der Waals surface area contributed by atoms with Crippen LogP contribution in [0, 0.1) is 6.92 Å². The molecule has 0 aliphatic carbocycles. The first-order valence-corrected chi connectivity index (χ1v) is 2.53. The molecule has 0 radical (unpaired) electrons. The van der Waals surface area contributed by atoms with E-state index in [0.717, 1.165) is 0 Å². The number of aromatic nitrogens is 1. The molecule has 0 N–H and O–H groups in total. The highest BCUT2D eigenvalue weighted by atomic mass is 32.1. The second-order valence-electron chi connectivity index (χ2n) is 1.57. The van der Waals surface area contributed by atoms with Crippen molar-refractivity contribution in [3.8, 4) is 0 Å². The molecule has 0 unspecified atom stereocenters. The zero-order valence-corrected chi connectivity index (χ0v) is 5.02. The van der Waals surface area contributed by atoms with Gasteiger partial charge in [0.15, 0.2) is 0 Å². The van der Waals surface area contributed by atoms with Crippen LogP contribution >= 0.6 is 12.8 Å². The van der Waals surface area contributed by atoms with Gasteiger partial charge in [0.2, 0.25) is 0 Å². The van der Waals surface area contributed by atoms with Crippen molar-refractivity contribution in [1.82, 2.24) is 3.97 Å². The standard InChI is InChI=1S/C5H7NS/c1-5-2-3-6(7)4-5/h2-4,7H,1H3. The van der Waals surface area contributed by atoms with E-state index in [9.17, 15) is 0 Å². The zero-order chi connectivity index (χ0) is 5.28. The Balaban J connectivity index is 3.04. The van der Waals surface area contributed by atoms with E-state index in [-0.39, 0.29) is 0 Å². The molecule has 0 amide bonds. The molecule has 0 bridgehead atoms. The lowest BCUT2D eigenvalue weighted by Crippen LogP contribution is -1.65. The lowest BCUT2D eigenvalue weighted by Gasteiger charge is -1.79. The van der Waals surface area contributed by atoms with Crippen molar-refractivity contribution in [1.29, 1.82) is 0 Å². The van der Waals surface area contributed by atoms with Crippen LogP contribution in [0.3, 0.4) is 0 Å². The van der Waals surface area contributed by atoms with E-state index in [2.05, 4.69) is 12.8 Å². The van der Waals surface area contributed by atoms with Gasteiger partial charge >= 0.3 is 0 Å². The van der Waals surface area contributed by atoms with Crippen LogP contribution < -0.4 is 0 Å². The lowest BCUT2D eigenvalue weighted by molar-refractivity contribution is 1.29. The molecule has 1 aromatic rings. The molecule has 0 aliphatic heterocycles. The Morgan fingerprint density at radius 2 is 2.43 bits per heavy atom. The van der Waals surface area contributed by atoms with E-state index in [0.29, 0.717) is 0 Å². The van der Waals surface area contributed by atoms with Crippen molar-refractivity contribution in [2.75, 3.05) is 0 Å². The third kappa shape index (κ3) is 0.996. The summed E-state index contributed by atoms with van der Waals surface area (Å²) in [6.45, 7) is 2.03. The monoisotopic (exact) mass is 113 g/mol. The van der Waals surface area contributed by atoms with Crippen LogP contribution in [0.5, 0.6) is 0 Å². The summed E-state index contributed by atoms with van der Waals surface area (Å²) in [5.41, 5.74) is 1.25. The van der Waals surface area contributed by atoms with Crippen LogP contribution in [0.15, 0.2) is 18.5 Å². The molecule has 1 heterocycles. The van der Waals surface area contributed by atoms with Crippen molar-refractivity contribution in [3.63, 3.8) is 0 Å². The molecule has 2 heteroatoms. The van der Waals surface area contributed by atoms with Crippen LogP contribution in [-0.4, -0.2) is 3.97 Å².